The molecule has 0 unspecified atom stereocenters. The standard InChI is InChI=1S/C15H16N4O2/c1-19(2)15(21)10-6-3-4-8-12(10)18-14(20)13-11(16)7-5-9-17-13/h3-9H,16H2,1-2H3,(H,18,20). The highest BCUT2D eigenvalue weighted by Crippen LogP contribution is 2.18. The van der Waals surface area contributed by atoms with Crippen LogP contribution in [0.25, 0.3) is 0 Å². The van der Waals surface area contributed by atoms with Gasteiger partial charge in [0.05, 0.1) is 16.9 Å². The Balaban J connectivity index is 2.30. The Morgan fingerprint density at radius 1 is 1.14 bits per heavy atom. The Kier molecular flexibility index (Phi) is 4.18. The molecule has 0 aliphatic heterocycles. The van der Waals surface area contributed by atoms with Crippen molar-refractivity contribution in [2.45, 2.75) is 0 Å². The summed E-state index contributed by atoms with van der Waals surface area (Å²) in [6.45, 7) is 0. The van der Waals surface area contributed by atoms with E-state index in [9.17, 15) is 9.59 Å². The van der Waals surface area contributed by atoms with Gasteiger partial charge in [0, 0.05) is 20.3 Å². The summed E-state index contributed by atoms with van der Waals surface area (Å²) in [5, 5.41) is 2.67. The van der Waals surface area contributed by atoms with E-state index in [0.29, 0.717) is 11.3 Å². The second-order valence-corrected chi connectivity index (χ2v) is 4.64. The van der Waals surface area contributed by atoms with Crippen LogP contribution in [-0.4, -0.2) is 35.8 Å². The molecular formula is C15H16N4O2. The predicted octanol–water partition coefficient (Wildman–Crippen LogP) is 1.62. The highest BCUT2D eigenvalue weighted by Gasteiger charge is 2.17. The van der Waals surface area contributed by atoms with Gasteiger partial charge in [-0.1, -0.05) is 12.1 Å². The maximum absolute atomic E-state index is 12.2. The van der Waals surface area contributed by atoms with Crippen LogP contribution in [0, 0.1) is 0 Å². The normalized spacial score (nSPS) is 10.0. The fourth-order valence-electron chi connectivity index (χ4n) is 1.81. The molecule has 0 aliphatic carbocycles. The van der Waals surface area contributed by atoms with Crippen molar-refractivity contribution in [1.29, 1.82) is 0 Å². The summed E-state index contributed by atoms with van der Waals surface area (Å²) in [4.78, 5) is 29.7. The number of carbonyl (C=O) groups excluding carboxylic acids is 2. The van der Waals surface area contributed by atoms with Crippen LogP contribution >= 0.6 is 0 Å². The lowest BCUT2D eigenvalue weighted by Gasteiger charge is -2.14. The molecule has 6 nitrogen and oxygen atoms in total. The second-order valence-electron chi connectivity index (χ2n) is 4.64. The largest absolute Gasteiger partial charge is 0.397 e. The van der Waals surface area contributed by atoms with Gasteiger partial charge in [0.1, 0.15) is 0 Å². The number of hydrogen-bond donors (Lipinski definition) is 2. The minimum absolute atomic E-state index is 0.129. The zero-order chi connectivity index (χ0) is 15.4. The monoisotopic (exact) mass is 284 g/mol. The number of carbonyl (C=O) groups is 2. The first-order valence-electron chi connectivity index (χ1n) is 6.33. The molecule has 1 heterocycles. The Bertz CT molecular complexity index is 683. The molecule has 0 saturated carbocycles. The molecule has 108 valence electrons. The number of para-hydroxylation sites is 1. The van der Waals surface area contributed by atoms with Crippen molar-refractivity contribution in [2.75, 3.05) is 25.1 Å². The quantitative estimate of drug-likeness (QED) is 0.896. The summed E-state index contributed by atoms with van der Waals surface area (Å²) in [6, 6.07) is 10.0. The number of amides is 2. The summed E-state index contributed by atoms with van der Waals surface area (Å²) in [5.74, 6) is -0.646. The van der Waals surface area contributed by atoms with Crippen LogP contribution in [-0.2, 0) is 0 Å². The maximum Gasteiger partial charge on any atom is 0.276 e. The average molecular weight is 284 g/mol. The predicted molar refractivity (Wildman–Crippen MR) is 81.1 cm³/mol. The van der Waals surface area contributed by atoms with E-state index in [4.69, 9.17) is 5.73 Å². The number of nitrogens with zero attached hydrogens (tertiary/aromatic N) is 2. The van der Waals surface area contributed by atoms with Crippen molar-refractivity contribution in [3.05, 3.63) is 53.9 Å². The fraction of sp³-hybridized carbons (Fsp3) is 0.133. The summed E-state index contributed by atoms with van der Waals surface area (Å²) >= 11 is 0. The highest BCUT2D eigenvalue weighted by molar-refractivity contribution is 6.10. The molecule has 2 rings (SSSR count). The third-order valence-electron chi connectivity index (χ3n) is 2.87. The highest BCUT2D eigenvalue weighted by atomic mass is 16.2. The molecule has 0 aliphatic rings. The number of aromatic nitrogens is 1. The Hall–Kier alpha value is -2.89. The second kappa shape index (κ2) is 6.04. The third-order valence-corrected chi connectivity index (χ3v) is 2.87. The van der Waals surface area contributed by atoms with Crippen LogP contribution in [0.15, 0.2) is 42.6 Å². The molecule has 2 aromatic rings. The summed E-state index contributed by atoms with van der Waals surface area (Å²) in [7, 11) is 3.30. The van der Waals surface area contributed by atoms with Crippen molar-refractivity contribution < 1.29 is 9.59 Å². The molecule has 0 fully saturated rings. The van der Waals surface area contributed by atoms with Crippen LogP contribution in [0.2, 0.25) is 0 Å². The lowest BCUT2D eigenvalue weighted by atomic mass is 10.1. The van der Waals surface area contributed by atoms with Gasteiger partial charge in [-0.05, 0) is 24.3 Å². The molecule has 0 saturated heterocycles. The minimum Gasteiger partial charge on any atom is -0.397 e. The Morgan fingerprint density at radius 2 is 1.86 bits per heavy atom. The van der Waals surface area contributed by atoms with Crippen molar-refractivity contribution in [1.82, 2.24) is 9.88 Å². The number of nitrogens with two attached hydrogens (primary N) is 1. The molecule has 6 heteroatoms. The van der Waals surface area contributed by atoms with Gasteiger partial charge in [-0.2, -0.15) is 0 Å². The van der Waals surface area contributed by atoms with Gasteiger partial charge in [-0.3, -0.25) is 9.59 Å². The van der Waals surface area contributed by atoms with Crippen LogP contribution in [0.3, 0.4) is 0 Å². The number of hydrogen-bond acceptors (Lipinski definition) is 4. The van der Waals surface area contributed by atoms with Crippen molar-refractivity contribution in [3.63, 3.8) is 0 Å². The molecule has 2 amide bonds. The Labute approximate surface area is 122 Å². The van der Waals surface area contributed by atoms with Gasteiger partial charge in [-0.15, -0.1) is 0 Å². The number of benzene rings is 1. The minimum atomic E-state index is -0.452. The molecule has 1 aromatic carbocycles. The first kappa shape index (κ1) is 14.5. The third kappa shape index (κ3) is 3.17. The first-order valence-corrected chi connectivity index (χ1v) is 6.33. The van der Waals surface area contributed by atoms with E-state index in [1.807, 2.05) is 0 Å². The molecule has 21 heavy (non-hydrogen) atoms. The number of nitrogen functional groups attached to an aromatic ring is 1. The molecule has 0 radical (unpaired) electrons. The van der Waals surface area contributed by atoms with Crippen molar-refractivity contribution >= 4 is 23.2 Å². The lowest BCUT2D eigenvalue weighted by molar-refractivity contribution is 0.0828. The molecule has 3 N–H and O–H groups in total. The maximum atomic E-state index is 12.2. The van der Waals surface area contributed by atoms with E-state index in [1.165, 1.54) is 11.1 Å². The van der Waals surface area contributed by atoms with Crippen LogP contribution in [0.1, 0.15) is 20.8 Å². The molecule has 0 spiro atoms. The van der Waals surface area contributed by atoms with Crippen molar-refractivity contribution in [2.24, 2.45) is 0 Å². The van der Waals surface area contributed by atoms with E-state index in [2.05, 4.69) is 10.3 Å². The van der Waals surface area contributed by atoms with Gasteiger partial charge in [0.2, 0.25) is 0 Å². The zero-order valence-corrected chi connectivity index (χ0v) is 11.8. The summed E-state index contributed by atoms with van der Waals surface area (Å²) in [6.07, 6.45) is 1.49. The van der Waals surface area contributed by atoms with E-state index in [0.717, 1.165) is 0 Å². The fourth-order valence-corrected chi connectivity index (χ4v) is 1.81. The molecule has 1 aromatic heterocycles. The van der Waals surface area contributed by atoms with Crippen LogP contribution in [0.4, 0.5) is 11.4 Å². The first-order chi connectivity index (χ1) is 10.0. The van der Waals surface area contributed by atoms with Crippen molar-refractivity contribution in [3.8, 4) is 0 Å². The lowest BCUT2D eigenvalue weighted by Crippen LogP contribution is -2.24. The summed E-state index contributed by atoms with van der Waals surface area (Å²) < 4.78 is 0. The van der Waals surface area contributed by atoms with E-state index >= 15 is 0 Å². The number of anilines is 2. The molecule has 0 atom stereocenters. The topological polar surface area (TPSA) is 88.3 Å². The summed E-state index contributed by atoms with van der Waals surface area (Å²) in [5.41, 5.74) is 6.97. The van der Waals surface area contributed by atoms with Gasteiger partial charge < -0.3 is 16.0 Å². The number of rotatable bonds is 3. The van der Waals surface area contributed by atoms with Crippen LogP contribution in [0.5, 0.6) is 0 Å². The molecular weight excluding hydrogens is 268 g/mol. The zero-order valence-electron chi connectivity index (χ0n) is 11.8. The molecule has 0 bridgehead atoms. The van der Waals surface area contributed by atoms with Gasteiger partial charge in [0.15, 0.2) is 5.69 Å². The van der Waals surface area contributed by atoms with Gasteiger partial charge in [0.25, 0.3) is 11.8 Å². The Morgan fingerprint density at radius 3 is 2.52 bits per heavy atom. The van der Waals surface area contributed by atoms with E-state index in [-0.39, 0.29) is 17.3 Å². The number of nitrogens with one attached hydrogen (secondary N) is 1. The van der Waals surface area contributed by atoms with Crippen LogP contribution < -0.4 is 11.1 Å². The van der Waals surface area contributed by atoms with Gasteiger partial charge in [-0.25, -0.2) is 4.98 Å². The SMILES string of the molecule is CN(C)C(=O)c1ccccc1NC(=O)c1ncccc1N. The smallest absolute Gasteiger partial charge is 0.276 e. The van der Waals surface area contributed by atoms with E-state index < -0.39 is 5.91 Å². The van der Waals surface area contributed by atoms with E-state index in [1.54, 1.807) is 50.5 Å². The average Bonchev–Trinajstić information content (AvgIpc) is 2.47. The number of pyridine rings is 1. The van der Waals surface area contributed by atoms with Gasteiger partial charge >= 0.3 is 0 Å².